The lowest BCUT2D eigenvalue weighted by Crippen LogP contribution is -2.32. The number of fused-ring (bicyclic) bond motifs is 2. The van der Waals surface area contributed by atoms with E-state index in [1.165, 1.54) is 28.0 Å². The molecule has 0 spiro atoms. The van der Waals surface area contributed by atoms with Gasteiger partial charge in [-0.15, -0.1) is 0 Å². The van der Waals surface area contributed by atoms with E-state index in [9.17, 15) is 4.79 Å². The Kier molecular flexibility index (Phi) is 7.32. The number of nitrogens with zero attached hydrogens (tertiary/aromatic N) is 5. The Morgan fingerprint density at radius 1 is 0.783 bits per heavy atom. The summed E-state index contributed by atoms with van der Waals surface area (Å²) < 4.78 is 3.07. The Bertz CT molecular complexity index is 2070. The molecule has 0 bridgehead atoms. The lowest BCUT2D eigenvalue weighted by molar-refractivity contribution is 0.102. The minimum Gasteiger partial charge on any atom is -0.352 e. The molecule has 224 valence electrons. The van der Waals surface area contributed by atoms with E-state index in [1.807, 2.05) is 65.6 Å². The van der Waals surface area contributed by atoms with Gasteiger partial charge in [-0.3, -0.25) is 14.8 Å². The lowest BCUT2D eigenvalue weighted by atomic mass is 9.94. The third-order valence-electron chi connectivity index (χ3n) is 8.53. The van der Waals surface area contributed by atoms with Crippen molar-refractivity contribution >= 4 is 38.4 Å². The zero-order valence-electron chi connectivity index (χ0n) is 25.0. The van der Waals surface area contributed by atoms with Gasteiger partial charge < -0.3 is 4.90 Å². The van der Waals surface area contributed by atoms with Gasteiger partial charge >= 0.3 is 0 Å². The number of para-hydroxylation sites is 1. The maximum Gasteiger partial charge on any atom is 0.257 e. The molecular formula is C38H30N6OS. The Morgan fingerprint density at radius 3 is 2.28 bits per heavy atom. The number of amides is 1. The van der Waals surface area contributed by atoms with Crippen LogP contribution in [0.25, 0.3) is 21.3 Å². The van der Waals surface area contributed by atoms with Gasteiger partial charge in [0.25, 0.3) is 5.91 Å². The van der Waals surface area contributed by atoms with Gasteiger partial charge in [0.1, 0.15) is 11.9 Å². The normalized spacial score (nSPS) is 12.8. The number of rotatable bonds is 7. The van der Waals surface area contributed by atoms with E-state index in [-0.39, 0.29) is 11.9 Å². The summed E-state index contributed by atoms with van der Waals surface area (Å²) in [6.07, 6.45) is 6.75. The molecule has 4 aromatic carbocycles. The van der Waals surface area contributed by atoms with Crippen LogP contribution >= 0.6 is 11.3 Å². The second-order valence-corrected chi connectivity index (χ2v) is 12.4. The quantitative estimate of drug-likeness (QED) is 0.196. The first-order valence-electron chi connectivity index (χ1n) is 15.3. The molecule has 3 aromatic heterocycles. The van der Waals surface area contributed by atoms with Gasteiger partial charge in [0, 0.05) is 42.2 Å². The SMILES string of the molecule is O=C(Nc1nc2ccccc2s1)c1cccc2c1CN(c1ccc(-c3cnn(C(c4ccccc4)c4ccccc4)c3)cn1)CC2. The van der Waals surface area contributed by atoms with Crippen molar-refractivity contribution in [3.63, 3.8) is 0 Å². The standard InChI is InChI=1S/C38H30N6OS/c45-37(42-38-41-33-16-7-8-17-34(33)46-38)31-15-9-14-26-20-21-43(25-32(26)31)35-19-18-29(22-39-35)30-23-40-44(24-30)36(27-10-3-1-4-11-27)28-12-5-2-6-13-28/h1-19,22-24,36H,20-21,25H2,(H,41,42,45). The minimum atomic E-state index is -0.137. The molecule has 1 aliphatic heterocycles. The third kappa shape index (κ3) is 5.44. The van der Waals surface area contributed by atoms with Crippen molar-refractivity contribution in [3.8, 4) is 11.1 Å². The van der Waals surface area contributed by atoms with Gasteiger partial charge in [0.2, 0.25) is 0 Å². The summed E-state index contributed by atoms with van der Waals surface area (Å²) in [6.45, 7) is 1.44. The Labute approximate surface area is 270 Å². The largest absolute Gasteiger partial charge is 0.352 e. The van der Waals surface area contributed by atoms with Crippen molar-refractivity contribution in [3.05, 3.63) is 162 Å². The van der Waals surface area contributed by atoms with Crippen LogP contribution in [0.3, 0.4) is 0 Å². The van der Waals surface area contributed by atoms with Crippen LogP contribution in [0.1, 0.15) is 38.7 Å². The number of carbonyl (C=O) groups is 1. The van der Waals surface area contributed by atoms with E-state index in [0.29, 0.717) is 17.2 Å². The van der Waals surface area contributed by atoms with Crippen molar-refractivity contribution in [1.82, 2.24) is 19.7 Å². The second-order valence-electron chi connectivity index (χ2n) is 11.4. The summed E-state index contributed by atoms with van der Waals surface area (Å²) in [6, 6.07) is 38.9. The molecule has 8 heteroatoms. The number of aromatic nitrogens is 4. The number of anilines is 2. The maximum absolute atomic E-state index is 13.5. The number of benzene rings is 4. The Morgan fingerprint density at radius 2 is 1.54 bits per heavy atom. The summed E-state index contributed by atoms with van der Waals surface area (Å²) in [7, 11) is 0. The number of hydrogen-bond acceptors (Lipinski definition) is 6. The van der Waals surface area contributed by atoms with Crippen LogP contribution in [-0.2, 0) is 13.0 Å². The maximum atomic E-state index is 13.5. The zero-order chi connectivity index (χ0) is 30.9. The Balaban J connectivity index is 1.01. The van der Waals surface area contributed by atoms with Crippen LogP contribution < -0.4 is 10.2 Å². The van der Waals surface area contributed by atoms with Crippen LogP contribution in [0.4, 0.5) is 10.9 Å². The zero-order valence-corrected chi connectivity index (χ0v) is 25.8. The molecule has 8 rings (SSSR count). The molecule has 0 unspecified atom stereocenters. The molecule has 0 aliphatic carbocycles. The average molecular weight is 619 g/mol. The molecule has 0 saturated heterocycles. The van der Waals surface area contributed by atoms with E-state index in [0.717, 1.165) is 45.7 Å². The predicted molar refractivity (Wildman–Crippen MR) is 184 cm³/mol. The van der Waals surface area contributed by atoms with Gasteiger partial charge in [-0.25, -0.2) is 9.97 Å². The number of carbonyl (C=O) groups excluding carboxylic acids is 1. The molecule has 0 radical (unpaired) electrons. The van der Waals surface area contributed by atoms with Crippen LogP contribution in [0.5, 0.6) is 0 Å². The molecule has 0 saturated carbocycles. The van der Waals surface area contributed by atoms with E-state index < -0.39 is 0 Å². The highest BCUT2D eigenvalue weighted by Crippen LogP contribution is 2.31. The lowest BCUT2D eigenvalue weighted by Gasteiger charge is -2.31. The van der Waals surface area contributed by atoms with Gasteiger partial charge in [-0.05, 0) is 59.0 Å². The van der Waals surface area contributed by atoms with Crippen LogP contribution in [-0.4, -0.2) is 32.2 Å². The van der Waals surface area contributed by atoms with Gasteiger partial charge in [0.15, 0.2) is 5.13 Å². The first kappa shape index (κ1) is 27.9. The predicted octanol–water partition coefficient (Wildman–Crippen LogP) is 8.01. The minimum absolute atomic E-state index is 0.0298. The van der Waals surface area contributed by atoms with Gasteiger partial charge in [-0.1, -0.05) is 96.3 Å². The van der Waals surface area contributed by atoms with Crippen molar-refractivity contribution in [2.45, 2.75) is 19.0 Å². The Hall–Kier alpha value is -5.60. The van der Waals surface area contributed by atoms with E-state index in [1.54, 1.807) is 0 Å². The summed E-state index contributed by atoms with van der Waals surface area (Å²) >= 11 is 1.49. The summed E-state index contributed by atoms with van der Waals surface area (Å²) in [5.74, 6) is 0.747. The van der Waals surface area contributed by atoms with Crippen LogP contribution in [0, 0.1) is 0 Å². The fourth-order valence-corrected chi connectivity index (χ4v) is 7.08. The highest BCUT2D eigenvalue weighted by molar-refractivity contribution is 7.22. The number of thiazole rings is 1. The van der Waals surface area contributed by atoms with Gasteiger partial charge in [-0.2, -0.15) is 5.10 Å². The van der Waals surface area contributed by atoms with Crippen molar-refractivity contribution in [2.75, 3.05) is 16.8 Å². The second kappa shape index (κ2) is 12.1. The first-order valence-corrected chi connectivity index (χ1v) is 16.1. The highest BCUT2D eigenvalue weighted by Gasteiger charge is 2.24. The van der Waals surface area contributed by atoms with E-state index >= 15 is 0 Å². The molecule has 4 heterocycles. The van der Waals surface area contributed by atoms with Crippen LogP contribution in [0.15, 0.2) is 134 Å². The monoisotopic (exact) mass is 618 g/mol. The fourth-order valence-electron chi connectivity index (χ4n) is 6.22. The molecule has 0 atom stereocenters. The molecule has 0 fully saturated rings. The molecular weight excluding hydrogens is 589 g/mol. The summed E-state index contributed by atoms with van der Waals surface area (Å²) in [5.41, 5.74) is 8.16. The number of hydrogen-bond donors (Lipinski definition) is 1. The first-order chi connectivity index (χ1) is 22.7. The smallest absolute Gasteiger partial charge is 0.257 e. The fraction of sp³-hybridized carbons (Fsp3) is 0.105. The van der Waals surface area contributed by atoms with E-state index in [4.69, 9.17) is 10.1 Å². The van der Waals surface area contributed by atoms with Crippen LogP contribution in [0.2, 0.25) is 0 Å². The van der Waals surface area contributed by atoms with Crippen molar-refractivity contribution in [1.29, 1.82) is 0 Å². The molecule has 1 N–H and O–H groups in total. The van der Waals surface area contributed by atoms with Gasteiger partial charge in [0.05, 0.1) is 16.4 Å². The molecule has 1 aliphatic rings. The van der Waals surface area contributed by atoms with Crippen molar-refractivity contribution in [2.24, 2.45) is 0 Å². The highest BCUT2D eigenvalue weighted by atomic mass is 32.1. The average Bonchev–Trinajstić information content (AvgIpc) is 3.76. The van der Waals surface area contributed by atoms with Crippen molar-refractivity contribution < 1.29 is 4.79 Å². The number of nitrogens with one attached hydrogen (secondary N) is 1. The summed E-state index contributed by atoms with van der Waals surface area (Å²) in [5, 5.41) is 8.43. The molecule has 1 amide bonds. The number of pyridine rings is 1. The molecule has 7 aromatic rings. The topological polar surface area (TPSA) is 75.9 Å². The molecule has 46 heavy (non-hydrogen) atoms. The van der Waals surface area contributed by atoms with E-state index in [2.05, 4.69) is 88.1 Å². The molecule has 7 nitrogen and oxygen atoms in total. The summed E-state index contributed by atoms with van der Waals surface area (Å²) in [4.78, 5) is 25.1. The third-order valence-corrected chi connectivity index (χ3v) is 9.49.